The van der Waals surface area contributed by atoms with Gasteiger partial charge in [0, 0.05) is 58.7 Å². The van der Waals surface area contributed by atoms with Gasteiger partial charge in [-0.2, -0.15) is 4.79 Å². The molecule has 3 fully saturated rings. The number of hydrogen-bond acceptors (Lipinski definition) is 6. The van der Waals surface area contributed by atoms with Crippen molar-refractivity contribution in [3.8, 4) is 0 Å². The molecular formula is C16H29N4O4+. The highest BCUT2D eigenvalue weighted by Gasteiger charge is 2.52. The number of cyclic esters (lactones) is 1. The molecule has 0 bridgehead atoms. The van der Waals surface area contributed by atoms with Crippen molar-refractivity contribution in [2.75, 3.05) is 59.4 Å². The number of hydrogen-bond donors (Lipinski definition) is 2. The predicted molar refractivity (Wildman–Crippen MR) is 87.5 cm³/mol. The van der Waals surface area contributed by atoms with Crippen LogP contribution in [0.4, 0.5) is 4.79 Å². The maximum absolute atomic E-state index is 12.5. The second kappa shape index (κ2) is 7.35. The Morgan fingerprint density at radius 1 is 1.29 bits per heavy atom. The van der Waals surface area contributed by atoms with Gasteiger partial charge in [-0.25, -0.2) is 4.48 Å². The van der Waals surface area contributed by atoms with Crippen molar-refractivity contribution < 1.29 is 23.9 Å². The summed E-state index contributed by atoms with van der Waals surface area (Å²) in [5.74, 6) is -0.753. The Hall–Kier alpha value is -1.22. The third-order valence-electron chi connectivity index (χ3n) is 5.76. The van der Waals surface area contributed by atoms with Gasteiger partial charge < -0.3 is 20.1 Å². The zero-order chi connectivity index (χ0) is 17.2. The Labute approximate surface area is 142 Å². The van der Waals surface area contributed by atoms with E-state index in [1.165, 1.54) is 0 Å². The minimum atomic E-state index is -0.753. The van der Waals surface area contributed by atoms with E-state index in [1.54, 1.807) is 0 Å². The molecule has 3 rings (SSSR count). The molecule has 2 unspecified atom stereocenters. The number of quaternary nitrogens is 1. The number of rotatable bonds is 5. The summed E-state index contributed by atoms with van der Waals surface area (Å²) in [6, 6.07) is 0.348. The van der Waals surface area contributed by atoms with Crippen LogP contribution < -0.4 is 5.32 Å². The predicted octanol–water partition coefficient (Wildman–Crippen LogP) is -0.246. The van der Waals surface area contributed by atoms with Crippen LogP contribution in [0.1, 0.15) is 19.3 Å². The van der Waals surface area contributed by atoms with Crippen molar-refractivity contribution >= 4 is 12.1 Å². The van der Waals surface area contributed by atoms with Crippen LogP contribution >= 0.6 is 0 Å². The lowest BCUT2D eigenvalue weighted by Gasteiger charge is -2.37. The first kappa shape index (κ1) is 17.6. The molecule has 24 heavy (non-hydrogen) atoms. The number of amides is 1. The lowest BCUT2D eigenvalue weighted by atomic mass is 10.0. The molecule has 0 spiro atoms. The molecule has 8 nitrogen and oxygen atoms in total. The van der Waals surface area contributed by atoms with Gasteiger partial charge in [-0.05, 0) is 0 Å². The molecule has 0 aliphatic carbocycles. The number of carbonyl (C=O) groups is 2. The van der Waals surface area contributed by atoms with Gasteiger partial charge in [0.05, 0.1) is 13.5 Å². The summed E-state index contributed by atoms with van der Waals surface area (Å²) in [5, 5.41) is 12.1. The normalized spacial score (nSPS) is 33.5. The van der Waals surface area contributed by atoms with Gasteiger partial charge in [0.25, 0.3) is 0 Å². The molecule has 8 heteroatoms. The van der Waals surface area contributed by atoms with Crippen LogP contribution in [0.15, 0.2) is 0 Å². The highest BCUT2D eigenvalue weighted by atomic mass is 16.6. The molecule has 0 saturated carbocycles. The minimum Gasteiger partial charge on any atom is -0.481 e. The van der Waals surface area contributed by atoms with Gasteiger partial charge in [-0.1, -0.05) is 0 Å². The van der Waals surface area contributed by atoms with E-state index in [0.29, 0.717) is 17.1 Å². The van der Waals surface area contributed by atoms with Crippen LogP contribution in [0, 0.1) is 0 Å². The second-order valence-electron chi connectivity index (χ2n) is 7.29. The summed E-state index contributed by atoms with van der Waals surface area (Å²) in [6.45, 7) is 6.57. The molecule has 3 aliphatic heterocycles. The van der Waals surface area contributed by atoms with Gasteiger partial charge in [0.2, 0.25) is 6.23 Å². The second-order valence-corrected chi connectivity index (χ2v) is 7.29. The summed E-state index contributed by atoms with van der Waals surface area (Å²) < 4.78 is 6.12. The summed E-state index contributed by atoms with van der Waals surface area (Å²) in [7, 11) is 2.02. The van der Waals surface area contributed by atoms with E-state index in [1.807, 2.05) is 7.05 Å². The summed E-state index contributed by atoms with van der Waals surface area (Å²) >= 11 is 0. The fourth-order valence-corrected chi connectivity index (χ4v) is 4.07. The number of carbonyl (C=O) groups excluding carboxylic acids is 1. The maximum atomic E-state index is 12.5. The van der Waals surface area contributed by atoms with Gasteiger partial charge in [-0.3, -0.25) is 9.69 Å². The van der Waals surface area contributed by atoms with E-state index in [2.05, 4.69) is 15.1 Å². The number of piperidine rings is 1. The lowest BCUT2D eigenvalue weighted by Crippen LogP contribution is -2.58. The summed E-state index contributed by atoms with van der Waals surface area (Å²) in [5.41, 5.74) is 0. The van der Waals surface area contributed by atoms with Crippen molar-refractivity contribution in [3.63, 3.8) is 0 Å². The lowest BCUT2D eigenvalue weighted by molar-refractivity contribution is -0.852. The quantitative estimate of drug-likeness (QED) is 0.668. The van der Waals surface area contributed by atoms with Crippen LogP contribution in [0.2, 0.25) is 0 Å². The van der Waals surface area contributed by atoms with Crippen molar-refractivity contribution in [3.05, 3.63) is 0 Å². The van der Waals surface area contributed by atoms with E-state index in [4.69, 9.17) is 9.84 Å². The third kappa shape index (κ3) is 3.72. The van der Waals surface area contributed by atoms with Crippen molar-refractivity contribution in [1.82, 2.24) is 15.1 Å². The average Bonchev–Trinajstić information content (AvgIpc) is 2.91. The standard InChI is InChI=1S/C16H28N4O4/c1-20(13-2-5-17-6-3-13)12-14(24-16(20)23)19-10-8-18(9-11-19)7-4-15(21)22/h13-14,17H,2-12H2,1H3/p+1. The Balaban J connectivity index is 1.52. The zero-order valence-corrected chi connectivity index (χ0v) is 14.4. The number of nitrogens with one attached hydrogen (secondary N) is 1. The summed E-state index contributed by atoms with van der Waals surface area (Å²) in [6.07, 6.45) is 1.98. The van der Waals surface area contributed by atoms with Crippen LogP contribution in [0.5, 0.6) is 0 Å². The molecule has 3 saturated heterocycles. The largest absolute Gasteiger partial charge is 0.517 e. The number of nitrogens with zero attached hydrogens (tertiary/aromatic N) is 3. The molecule has 0 aromatic rings. The average molecular weight is 341 g/mol. The fraction of sp³-hybridized carbons (Fsp3) is 0.875. The number of carboxylic acid groups (broad SMARTS) is 1. The molecule has 3 heterocycles. The highest BCUT2D eigenvalue weighted by molar-refractivity contribution is 5.66. The molecule has 1 amide bonds. The first-order chi connectivity index (χ1) is 11.5. The number of ether oxygens (including phenoxy) is 1. The van der Waals surface area contributed by atoms with Gasteiger partial charge in [-0.15, -0.1) is 0 Å². The number of carboxylic acids is 1. The van der Waals surface area contributed by atoms with Crippen LogP contribution in [-0.4, -0.2) is 103 Å². The Morgan fingerprint density at radius 3 is 2.58 bits per heavy atom. The molecule has 2 atom stereocenters. The fourth-order valence-electron chi connectivity index (χ4n) is 4.07. The maximum Gasteiger partial charge on any atom is 0.517 e. The first-order valence-electron chi connectivity index (χ1n) is 8.94. The Kier molecular flexibility index (Phi) is 5.39. The summed E-state index contributed by atoms with van der Waals surface area (Å²) in [4.78, 5) is 27.6. The SMILES string of the molecule is C[N+]1(C2CCNCC2)CC(N2CCN(CCC(=O)O)CC2)OC1=O. The highest BCUT2D eigenvalue weighted by Crippen LogP contribution is 2.29. The molecule has 0 aromatic heterocycles. The van der Waals surface area contributed by atoms with Gasteiger partial charge in [0.15, 0.2) is 0 Å². The monoisotopic (exact) mass is 341 g/mol. The molecule has 3 aliphatic rings. The van der Waals surface area contributed by atoms with Crippen LogP contribution in [0.3, 0.4) is 0 Å². The molecular weight excluding hydrogens is 312 g/mol. The zero-order valence-electron chi connectivity index (χ0n) is 14.4. The Morgan fingerprint density at radius 2 is 1.96 bits per heavy atom. The molecule has 2 N–H and O–H groups in total. The van der Waals surface area contributed by atoms with E-state index in [-0.39, 0.29) is 18.7 Å². The van der Waals surface area contributed by atoms with Crippen molar-refractivity contribution in [2.24, 2.45) is 0 Å². The van der Waals surface area contributed by atoms with E-state index in [0.717, 1.165) is 58.7 Å². The van der Waals surface area contributed by atoms with Gasteiger partial charge >= 0.3 is 12.1 Å². The van der Waals surface area contributed by atoms with E-state index < -0.39 is 5.97 Å². The molecule has 0 aromatic carbocycles. The van der Waals surface area contributed by atoms with Gasteiger partial charge in [0.1, 0.15) is 12.6 Å². The number of piperazine rings is 1. The minimum absolute atomic E-state index is 0.0970. The topological polar surface area (TPSA) is 82.1 Å². The van der Waals surface area contributed by atoms with E-state index in [9.17, 15) is 9.59 Å². The smallest absolute Gasteiger partial charge is 0.481 e. The first-order valence-corrected chi connectivity index (χ1v) is 8.94. The molecule has 136 valence electrons. The van der Waals surface area contributed by atoms with E-state index >= 15 is 0 Å². The Bertz CT molecular complexity index is 475. The van der Waals surface area contributed by atoms with Crippen LogP contribution in [0.25, 0.3) is 0 Å². The van der Waals surface area contributed by atoms with Crippen molar-refractivity contribution in [2.45, 2.75) is 31.5 Å². The third-order valence-corrected chi connectivity index (χ3v) is 5.76. The molecule has 0 radical (unpaired) electrons. The van der Waals surface area contributed by atoms with Crippen molar-refractivity contribution in [1.29, 1.82) is 0 Å². The number of likely N-dealkylation sites (N-methyl/N-ethyl adjacent to an activating group) is 1. The van der Waals surface area contributed by atoms with Crippen LogP contribution in [-0.2, 0) is 9.53 Å². The number of aliphatic carboxylic acids is 1.